The summed E-state index contributed by atoms with van der Waals surface area (Å²) in [5.41, 5.74) is 6.39. The molecule has 1 amide bonds. The van der Waals surface area contributed by atoms with Gasteiger partial charge in [-0.15, -0.1) is 0 Å². The summed E-state index contributed by atoms with van der Waals surface area (Å²) in [5, 5.41) is 3.36. The lowest BCUT2D eigenvalue weighted by Gasteiger charge is -2.08. The van der Waals surface area contributed by atoms with Crippen LogP contribution in [0.5, 0.6) is 0 Å². The predicted molar refractivity (Wildman–Crippen MR) is 81.4 cm³/mol. The third kappa shape index (κ3) is 4.54. The zero-order valence-electron chi connectivity index (χ0n) is 11.1. The van der Waals surface area contributed by atoms with E-state index in [-0.39, 0.29) is 16.0 Å². The van der Waals surface area contributed by atoms with Gasteiger partial charge in [-0.3, -0.25) is 4.79 Å². The molecule has 1 aromatic carbocycles. The van der Waals surface area contributed by atoms with Gasteiger partial charge in [0.2, 0.25) is 0 Å². The summed E-state index contributed by atoms with van der Waals surface area (Å²) < 4.78 is 5.49. The van der Waals surface area contributed by atoms with Crippen LogP contribution in [0, 0.1) is 5.92 Å². The molecule has 6 heteroatoms. The maximum atomic E-state index is 11.9. The average molecular weight is 317 g/mol. The van der Waals surface area contributed by atoms with Crippen molar-refractivity contribution in [1.29, 1.82) is 0 Å². The van der Waals surface area contributed by atoms with Gasteiger partial charge in [-0.1, -0.05) is 23.2 Å². The first-order valence-corrected chi connectivity index (χ1v) is 7.44. The van der Waals surface area contributed by atoms with E-state index in [1.54, 1.807) is 0 Å². The molecule has 1 aromatic rings. The Hall–Kier alpha value is -0.970. The Bertz CT molecular complexity index is 467. The molecule has 0 aromatic heterocycles. The Morgan fingerprint density at radius 3 is 2.80 bits per heavy atom. The Labute approximate surface area is 128 Å². The van der Waals surface area contributed by atoms with Crippen LogP contribution < -0.4 is 11.1 Å². The van der Waals surface area contributed by atoms with Gasteiger partial charge in [-0.2, -0.15) is 0 Å². The normalized spacial score (nSPS) is 14.3. The third-order valence-electron chi connectivity index (χ3n) is 3.12. The van der Waals surface area contributed by atoms with E-state index >= 15 is 0 Å². The molecule has 4 nitrogen and oxygen atoms in total. The van der Waals surface area contributed by atoms with E-state index in [9.17, 15) is 4.79 Å². The first-order valence-electron chi connectivity index (χ1n) is 6.68. The number of hydrogen-bond acceptors (Lipinski definition) is 3. The molecule has 1 fully saturated rings. The first-order chi connectivity index (χ1) is 9.58. The molecule has 0 bridgehead atoms. The van der Waals surface area contributed by atoms with Gasteiger partial charge in [0.15, 0.2) is 0 Å². The number of amides is 1. The van der Waals surface area contributed by atoms with Crippen LogP contribution in [0.15, 0.2) is 12.1 Å². The fraction of sp³-hybridized carbons (Fsp3) is 0.500. The number of nitrogens with two attached hydrogens (primary N) is 1. The first kappa shape index (κ1) is 15.4. The Balaban J connectivity index is 1.71. The summed E-state index contributed by atoms with van der Waals surface area (Å²) in [6, 6.07) is 3.03. The van der Waals surface area contributed by atoms with Crippen molar-refractivity contribution in [2.24, 2.45) is 5.92 Å². The number of halogens is 2. The molecule has 1 aliphatic rings. The van der Waals surface area contributed by atoms with Crippen molar-refractivity contribution in [3.05, 3.63) is 27.7 Å². The lowest BCUT2D eigenvalue weighted by Crippen LogP contribution is -2.25. The van der Waals surface area contributed by atoms with Crippen LogP contribution in [0.25, 0.3) is 0 Å². The van der Waals surface area contributed by atoms with Crippen molar-refractivity contribution < 1.29 is 9.53 Å². The van der Waals surface area contributed by atoms with Crippen molar-refractivity contribution in [3.8, 4) is 0 Å². The van der Waals surface area contributed by atoms with E-state index in [1.807, 2.05) is 0 Å². The number of hydrogen-bond donors (Lipinski definition) is 2. The van der Waals surface area contributed by atoms with Crippen molar-refractivity contribution in [2.45, 2.75) is 19.3 Å². The lowest BCUT2D eigenvalue weighted by atomic mass is 10.2. The molecule has 20 heavy (non-hydrogen) atoms. The minimum absolute atomic E-state index is 0.211. The SMILES string of the molecule is Nc1cc(C(=O)NCCCOCC2CC2)cc(Cl)c1Cl. The second-order valence-corrected chi connectivity index (χ2v) is 5.77. The molecule has 1 aliphatic carbocycles. The van der Waals surface area contributed by atoms with Crippen molar-refractivity contribution in [3.63, 3.8) is 0 Å². The maximum Gasteiger partial charge on any atom is 0.251 e. The van der Waals surface area contributed by atoms with Gasteiger partial charge < -0.3 is 15.8 Å². The van der Waals surface area contributed by atoms with Gasteiger partial charge in [0.1, 0.15) is 0 Å². The summed E-state index contributed by atoms with van der Waals surface area (Å²) in [7, 11) is 0. The van der Waals surface area contributed by atoms with Crippen LogP contribution in [0.1, 0.15) is 29.6 Å². The average Bonchev–Trinajstić information content (AvgIpc) is 3.23. The molecule has 0 heterocycles. The highest BCUT2D eigenvalue weighted by Gasteiger charge is 2.20. The van der Waals surface area contributed by atoms with Gasteiger partial charge in [-0.05, 0) is 37.3 Å². The van der Waals surface area contributed by atoms with Crippen LogP contribution >= 0.6 is 23.2 Å². The third-order valence-corrected chi connectivity index (χ3v) is 3.94. The molecule has 0 atom stereocenters. The minimum atomic E-state index is -0.211. The second kappa shape index (κ2) is 7.16. The molecule has 0 aliphatic heterocycles. The molecule has 0 saturated heterocycles. The molecule has 0 unspecified atom stereocenters. The van der Waals surface area contributed by atoms with E-state index in [2.05, 4.69) is 5.32 Å². The maximum absolute atomic E-state index is 11.9. The fourth-order valence-corrected chi connectivity index (χ4v) is 2.09. The molecular weight excluding hydrogens is 299 g/mol. The van der Waals surface area contributed by atoms with Gasteiger partial charge in [0.25, 0.3) is 5.91 Å². The molecule has 3 N–H and O–H groups in total. The standard InChI is InChI=1S/C14H18Cl2N2O2/c15-11-6-10(7-12(17)13(11)16)14(19)18-4-1-5-20-8-9-2-3-9/h6-7,9H,1-5,8,17H2,(H,18,19). The van der Waals surface area contributed by atoms with Crippen molar-refractivity contribution >= 4 is 34.8 Å². The molecule has 0 spiro atoms. The van der Waals surface area contributed by atoms with Crippen LogP contribution in [0.2, 0.25) is 10.0 Å². The zero-order valence-corrected chi connectivity index (χ0v) is 12.6. The number of benzene rings is 1. The van der Waals surface area contributed by atoms with Gasteiger partial charge in [0.05, 0.1) is 15.7 Å². The van der Waals surface area contributed by atoms with Gasteiger partial charge in [-0.25, -0.2) is 0 Å². The van der Waals surface area contributed by atoms with Crippen LogP contribution in [-0.4, -0.2) is 25.7 Å². The second-order valence-electron chi connectivity index (χ2n) is 4.99. The number of nitrogens with one attached hydrogen (secondary N) is 1. The topological polar surface area (TPSA) is 64.4 Å². The number of ether oxygens (including phenoxy) is 1. The van der Waals surface area contributed by atoms with E-state index < -0.39 is 0 Å². The molecular formula is C14H18Cl2N2O2. The number of carbonyl (C=O) groups excluding carboxylic acids is 1. The number of rotatable bonds is 7. The number of anilines is 1. The van der Waals surface area contributed by atoms with E-state index in [0.29, 0.717) is 24.4 Å². The summed E-state index contributed by atoms with van der Waals surface area (Å²) in [6.07, 6.45) is 3.36. The van der Waals surface area contributed by atoms with E-state index in [4.69, 9.17) is 33.7 Å². The lowest BCUT2D eigenvalue weighted by molar-refractivity contribution is 0.0937. The smallest absolute Gasteiger partial charge is 0.251 e. The van der Waals surface area contributed by atoms with E-state index in [1.165, 1.54) is 25.0 Å². The molecule has 2 rings (SSSR count). The summed E-state index contributed by atoms with van der Waals surface area (Å²) in [4.78, 5) is 11.9. The highest BCUT2D eigenvalue weighted by molar-refractivity contribution is 6.43. The van der Waals surface area contributed by atoms with Crippen LogP contribution in [-0.2, 0) is 4.74 Å². The Morgan fingerprint density at radius 2 is 2.15 bits per heavy atom. The number of carbonyl (C=O) groups is 1. The van der Waals surface area contributed by atoms with Crippen LogP contribution in [0.3, 0.4) is 0 Å². The van der Waals surface area contributed by atoms with Gasteiger partial charge in [0, 0.05) is 25.3 Å². The quantitative estimate of drug-likeness (QED) is 0.600. The van der Waals surface area contributed by atoms with Gasteiger partial charge >= 0.3 is 0 Å². The number of nitrogen functional groups attached to an aromatic ring is 1. The fourth-order valence-electron chi connectivity index (χ4n) is 1.75. The summed E-state index contributed by atoms with van der Waals surface area (Å²) in [5.74, 6) is 0.557. The van der Waals surface area contributed by atoms with Crippen molar-refractivity contribution in [1.82, 2.24) is 5.32 Å². The van der Waals surface area contributed by atoms with E-state index in [0.717, 1.165) is 18.9 Å². The molecule has 110 valence electrons. The predicted octanol–water partition coefficient (Wildman–Crippen LogP) is 3.12. The minimum Gasteiger partial charge on any atom is -0.397 e. The van der Waals surface area contributed by atoms with Crippen molar-refractivity contribution in [2.75, 3.05) is 25.5 Å². The monoisotopic (exact) mass is 316 g/mol. The highest BCUT2D eigenvalue weighted by atomic mass is 35.5. The Morgan fingerprint density at radius 1 is 1.40 bits per heavy atom. The summed E-state index contributed by atoms with van der Waals surface area (Å²) in [6.45, 7) is 2.07. The Kier molecular flexibility index (Phi) is 5.52. The largest absolute Gasteiger partial charge is 0.397 e. The molecule has 1 saturated carbocycles. The van der Waals surface area contributed by atoms with Crippen LogP contribution in [0.4, 0.5) is 5.69 Å². The summed E-state index contributed by atoms with van der Waals surface area (Å²) >= 11 is 11.7. The molecule has 0 radical (unpaired) electrons. The zero-order chi connectivity index (χ0) is 14.5. The highest BCUT2D eigenvalue weighted by Crippen LogP contribution is 2.29.